The molecular weight excluding hydrogens is 124 g/mol. The van der Waals surface area contributed by atoms with Crippen LogP contribution in [0, 0.1) is 11.3 Å². The summed E-state index contributed by atoms with van der Waals surface area (Å²) in [6, 6.07) is 0. The van der Waals surface area contributed by atoms with E-state index < -0.39 is 0 Å². The molecule has 3 aliphatic carbocycles. The SMILES string of the molecule is C[C@@]12C=C[C@@H](CC1)CC2=O. The van der Waals surface area contributed by atoms with Crippen LogP contribution in [0.3, 0.4) is 0 Å². The minimum atomic E-state index is -0.0747. The molecule has 0 aromatic heterocycles. The molecule has 0 N–H and O–H groups in total. The van der Waals surface area contributed by atoms with Crippen LogP contribution >= 0.6 is 0 Å². The van der Waals surface area contributed by atoms with E-state index in [1.54, 1.807) is 0 Å². The summed E-state index contributed by atoms with van der Waals surface area (Å²) in [4.78, 5) is 11.3. The summed E-state index contributed by atoms with van der Waals surface area (Å²) in [5, 5.41) is 0. The van der Waals surface area contributed by atoms with Crippen LogP contribution in [0.5, 0.6) is 0 Å². The largest absolute Gasteiger partial charge is 0.299 e. The molecule has 0 spiro atoms. The van der Waals surface area contributed by atoms with E-state index in [9.17, 15) is 4.79 Å². The van der Waals surface area contributed by atoms with Crippen molar-refractivity contribution in [3.8, 4) is 0 Å². The zero-order valence-corrected chi connectivity index (χ0v) is 6.26. The molecule has 1 fully saturated rings. The Morgan fingerprint density at radius 3 is 2.80 bits per heavy atom. The van der Waals surface area contributed by atoms with Crippen molar-refractivity contribution >= 4 is 5.78 Å². The Morgan fingerprint density at radius 1 is 1.70 bits per heavy atom. The zero-order valence-electron chi connectivity index (χ0n) is 6.26. The molecular formula is C9H12O. The maximum Gasteiger partial charge on any atom is 0.143 e. The smallest absolute Gasteiger partial charge is 0.143 e. The Bertz CT molecular complexity index is 205. The molecule has 0 saturated heterocycles. The first kappa shape index (κ1) is 6.14. The fourth-order valence-electron chi connectivity index (χ4n) is 1.89. The summed E-state index contributed by atoms with van der Waals surface area (Å²) < 4.78 is 0. The molecule has 0 radical (unpaired) electrons. The molecule has 54 valence electrons. The highest BCUT2D eigenvalue weighted by Gasteiger charge is 2.39. The quantitative estimate of drug-likeness (QED) is 0.465. The third-order valence-corrected chi connectivity index (χ3v) is 2.86. The highest BCUT2D eigenvalue weighted by atomic mass is 16.1. The van der Waals surface area contributed by atoms with Gasteiger partial charge < -0.3 is 0 Å². The standard InChI is InChI=1S/C9H12O/c1-9-4-2-7(3-5-9)6-8(9)10/h2,4,7H,3,5-6H2,1H3/t7-,9+/m0/s1. The fraction of sp³-hybridized carbons (Fsp3) is 0.667. The van der Waals surface area contributed by atoms with Crippen molar-refractivity contribution in [1.82, 2.24) is 0 Å². The molecule has 1 heteroatoms. The van der Waals surface area contributed by atoms with Gasteiger partial charge in [0, 0.05) is 11.8 Å². The summed E-state index contributed by atoms with van der Waals surface area (Å²) >= 11 is 0. The van der Waals surface area contributed by atoms with E-state index in [1.165, 1.54) is 6.42 Å². The van der Waals surface area contributed by atoms with Crippen LogP contribution in [0.1, 0.15) is 26.2 Å². The van der Waals surface area contributed by atoms with Gasteiger partial charge in [0.25, 0.3) is 0 Å². The van der Waals surface area contributed by atoms with Gasteiger partial charge in [-0.05, 0) is 25.7 Å². The van der Waals surface area contributed by atoms with Crippen molar-refractivity contribution in [2.24, 2.45) is 11.3 Å². The topological polar surface area (TPSA) is 17.1 Å². The van der Waals surface area contributed by atoms with Crippen molar-refractivity contribution in [3.05, 3.63) is 12.2 Å². The lowest BCUT2D eigenvalue weighted by Gasteiger charge is -2.37. The molecule has 0 aliphatic heterocycles. The number of allylic oxidation sites excluding steroid dienone is 2. The van der Waals surface area contributed by atoms with E-state index in [1.807, 2.05) is 0 Å². The van der Waals surface area contributed by atoms with E-state index >= 15 is 0 Å². The van der Waals surface area contributed by atoms with Crippen LogP contribution in [-0.2, 0) is 4.79 Å². The van der Waals surface area contributed by atoms with E-state index in [0.29, 0.717) is 11.7 Å². The number of carbonyl (C=O) groups is 1. The molecule has 0 aromatic rings. The van der Waals surface area contributed by atoms with Gasteiger partial charge in [-0.2, -0.15) is 0 Å². The fourth-order valence-corrected chi connectivity index (χ4v) is 1.89. The first-order chi connectivity index (χ1) is 4.71. The maximum atomic E-state index is 11.3. The number of carbonyl (C=O) groups excluding carboxylic acids is 1. The number of hydrogen-bond acceptors (Lipinski definition) is 1. The van der Waals surface area contributed by atoms with E-state index in [2.05, 4.69) is 19.1 Å². The van der Waals surface area contributed by atoms with Gasteiger partial charge in [0.1, 0.15) is 5.78 Å². The lowest BCUT2D eigenvalue weighted by atomic mass is 9.66. The van der Waals surface area contributed by atoms with Crippen molar-refractivity contribution in [2.75, 3.05) is 0 Å². The minimum absolute atomic E-state index is 0.0747. The zero-order chi connectivity index (χ0) is 7.19. The average Bonchev–Trinajstić information content (AvgIpc) is 1.92. The Hall–Kier alpha value is -0.590. The second kappa shape index (κ2) is 1.71. The van der Waals surface area contributed by atoms with E-state index in [4.69, 9.17) is 0 Å². The lowest BCUT2D eigenvalue weighted by Crippen LogP contribution is -2.36. The Kier molecular flexibility index (Phi) is 1.05. The van der Waals surface area contributed by atoms with Gasteiger partial charge in [-0.1, -0.05) is 12.2 Å². The van der Waals surface area contributed by atoms with Gasteiger partial charge in [-0.3, -0.25) is 4.79 Å². The lowest BCUT2D eigenvalue weighted by molar-refractivity contribution is -0.129. The summed E-state index contributed by atoms with van der Waals surface area (Å²) in [5.74, 6) is 1.03. The maximum absolute atomic E-state index is 11.3. The van der Waals surface area contributed by atoms with E-state index in [-0.39, 0.29) is 5.41 Å². The molecule has 0 heterocycles. The highest BCUT2D eigenvalue weighted by Crippen LogP contribution is 2.42. The van der Waals surface area contributed by atoms with Gasteiger partial charge in [-0.15, -0.1) is 0 Å². The van der Waals surface area contributed by atoms with Crippen molar-refractivity contribution in [1.29, 1.82) is 0 Å². The molecule has 10 heavy (non-hydrogen) atoms. The first-order valence-electron chi connectivity index (χ1n) is 3.93. The Morgan fingerprint density at radius 2 is 2.50 bits per heavy atom. The third-order valence-electron chi connectivity index (χ3n) is 2.86. The number of rotatable bonds is 0. The normalized spacial score (nSPS) is 44.5. The highest BCUT2D eigenvalue weighted by molar-refractivity contribution is 5.88. The monoisotopic (exact) mass is 136 g/mol. The average molecular weight is 136 g/mol. The summed E-state index contributed by atoms with van der Waals surface area (Å²) in [5.41, 5.74) is -0.0747. The van der Waals surface area contributed by atoms with Gasteiger partial charge >= 0.3 is 0 Å². The molecule has 0 unspecified atom stereocenters. The predicted octanol–water partition coefficient (Wildman–Crippen LogP) is 1.93. The molecule has 3 aliphatic rings. The van der Waals surface area contributed by atoms with Crippen molar-refractivity contribution in [3.63, 3.8) is 0 Å². The van der Waals surface area contributed by atoms with Gasteiger partial charge in [-0.25, -0.2) is 0 Å². The Labute approximate surface area is 61.1 Å². The van der Waals surface area contributed by atoms with Crippen LogP contribution in [0.2, 0.25) is 0 Å². The number of ketones is 1. The summed E-state index contributed by atoms with van der Waals surface area (Å²) in [7, 11) is 0. The Balaban J connectivity index is 2.40. The molecule has 1 nitrogen and oxygen atoms in total. The molecule has 2 bridgehead atoms. The van der Waals surface area contributed by atoms with Gasteiger partial charge in [0.05, 0.1) is 0 Å². The molecule has 1 saturated carbocycles. The van der Waals surface area contributed by atoms with Gasteiger partial charge in [0.15, 0.2) is 0 Å². The summed E-state index contributed by atoms with van der Waals surface area (Å²) in [6.07, 6.45) is 7.41. The second-order valence-electron chi connectivity index (χ2n) is 3.70. The van der Waals surface area contributed by atoms with E-state index in [0.717, 1.165) is 12.8 Å². The van der Waals surface area contributed by atoms with Crippen LogP contribution in [-0.4, -0.2) is 5.78 Å². The number of hydrogen-bond donors (Lipinski definition) is 0. The second-order valence-corrected chi connectivity index (χ2v) is 3.70. The first-order valence-corrected chi connectivity index (χ1v) is 3.93. The molecule has 0 aromatic carbocycles. The van der Waals surface area contributed by atoms with Crippen LogP contribution in [0.15, 0.2) is 12.2 Å². The van der Waals surface area contributed by atoms with Gasteiger partial charge in [0.2, 0.25) is 0 Å². The minimum Gasteiger partial charge on any atom is -0.299 e. The number of Topliss-reactive ketones (excluding diaryl/α,β-unsaturated/α-hetero) is 1. The number of fused-ring (bicyclic) bond motifs is 2. The van der Waals surface area contributed by atoms with Crippen LogP contribution < -0.4 is 0 Å². The summed E-state index contributed by atoms with van der Waals surface area (Å²) in [6.45, 7) is 2.06. The van der Waals surface area contributed by atoms with Crippen LogP contribution in [0.4, 0.5) is 0 Å². The van der Waals surface area contributed by atoms with Crippen LogP contribution in [0.25, 0.3) is 0 Å². The predicted molar refractivity (Wildman–Crippen MR) is 39.6 cm³/mol. The molecule has 3 rings (SSSR count). The molecule has 0 amide bonds. The van der Waals surface area contributed by atoms with Crippen molar-refractivity contribution < 1.29 is 4.79 Å². The third kappa shape index (κ3) is 0.664. The molecule has 2 atom stereocenters. The van der Waals surface area contributed by atoms with Crippen molar-refractivity contribution in [2.45, 2.75) is 26.2 Å².